The Morgan fingerprint density at radius 1 is 1.36 bits per heavy atom. The van der Waals surface area contributed by atoms with Gasteiger partial charge < -0.3 is 10.0 Å². The Labute approximate surface area is 234 Å². The molecular formula is C29H36N4O4S2. The highest BCUT2D eigenvalue weighted by molar-refractivity contribution is 7.93. The fourth-order valence-electron chi connectivity index (χ4n) is 6.87. The number of para-hydroxylation sites is 1. The van der Waals surface area contributed by atoms with Crippen LogP contribution in [0.3, 0.4) is 0 Å². The summed E-state index contributed by atoms with van der Waals surface area (Å²) in [6.45, 7) is 10.4. The van der Waals surface area contributed by atoms with Gasteiger partial charge in [-0.15, -0.1) is 17.9 Å². The van der Waals surface area contributed by atoms with Gasteiger partial charge in [0.2, 0.25) is 5.91 Å². The largest absolute Gasteiger partial charge is 0.392 e. The lowest BCUT2D eigenvalue weighted by molar-refractivity contribution is -0.143. The highest BCUT2D eigenvalue weighted by atomic mass is 32.2. The van der Waals surface area contributed by atoms with Crippen molar-refractivity contribution in [3.8, 4) is 0 Å². The molecule has 0 radical (unpaired) electrons. The van der Waals surface area contributed by atoms with Gasteiger partial charge >= 0.3 is 0 Å². The number of fused-ring (bicyclic) bond motifs is 3. The van der Waals surface area contributed by atoms with Gasteiger partial charge in [-0.1, -0.05) is 45.0 Å². The fraction of sp³-hybridized carbons (Fsp3) is 0.483. The number of likely N-dealkylation sites (N-methyl/N-ethyl adjacent to an activating group) is 1. The Morgan fingerprint density at radius 2 is 2.10 bits per heavy atom. The summed E-state index contributed by atoms with van der Waals surface area (Å²) in [7, 11) is -2.15. The predicted molar refractivity (Wildman–Crippen MR) is 154 cm³/mol. The van der Waals surface area contributed by atoms with Crippen molar-refractivity contribution in [2.75, 3.05) is 18.3 Å². The van der Waals surface area contributed by atoms with Crippen molar-refractivity contribution >= 4 is 43.3 Å². The zero-order valence-corrected chi connectivity index (χ0v) is 24.4. The van der Waals surface area contributed by atoms with E-state index in [0.29, 0.717) is 17.2 Å². The molecule has 0 bridgehead atoms. The molecule has 0 aliphatic heterocycles. The van der Waals surface area contributed by atoms with Crippen molar-refractivity contribution in [3.63, 3.8) is 0 Å². The number of aromatic nitrogens is 2. The van der Waals surface area contributed by atoms with Gasteiger partial charge in [-0.2, -0.15) is 0 Å². The monoisotopic (exact) mass is 568 g/mol. The van der Waals surface area contributed by atoms with Crippen molar-refractivity contribution < 1.29 is 18.3 Å². The number of nitrogens with one attached hydrogen (secondary N) is 1. The van der Waals surface area contributed by atoms with Crippen LogP contribution in [-0.4, -0.2) is 54.0 Å². The van der Waals surface area contributed by atoms with Gasteiger partial charge in [0.05, 0.1) is 17.3 Å². The van der Waals surface area contributed by atoms with Crippen molar-refractivity contribution in [3.05, 3.63) is 59.8 Å². The summed E-state index contributed by atoms with van der Waals surface area (Å²) in [5, 5.41) is 12.7. The van der Waals surface area contributed by atoms with Crippen molar-refractivity contribution in [2.45, 2.75) is 57.0 Å². The number of thiazole rings is 1. The van der Waals surface area contributed by atoms with Gasteiger partial charge in [0.15, 0.2) is 5.13 Å². The lowest BCUT2D eigenvalue weighted by Gasteiger charge is -2.53. The molecule has 2 N–H and O–H groups in total. The van der Waals surface area contributed by atoms with Gasteiger partial charge in [0.25, 0.3) is 10.0 Å². The number of amides is 1. The van der Waals surface area contributed by atoms with Gasteiger partial charge in [0.1, 0.15) is 4.90 Å². The first-order valence-electron chi connectivity index (χ1n) is 13.4. The average molecular weight is 569 g/mol. The fourth-order valence-corrected chi connectivity index (χ4v) is 9.55. The topological polar surface area (TPSA) is 112 Å². The van der Waals surface area contributed by atoms with E-state index in [0.717, 1.165) is 35.2 Å². The number of carbonyl (C=O) groups excluding carboxylic acids is 1. The molecule has 2 heterocycles. The van der Waals surface area contributed by atoms with E-state index in [4.69, 9.17) is 4.98 Å². The van der Waals surface area contributed by atoms with Crippen LogP contribution in [-0.2, 0) is 21.2 Å². The molecule has 1 saturated carbocycles. The number of sulfonamides is 1. The second-order valence-electron chi connectivity index (χ2n) is 11.4. The van der Waals surface area contributed by atoms with Crippen LogP contribution < -0.4 is 4.72 Å². The smallest absolute Gasteiger partial charge is 0.265 e. The average Bonchev–Trinajstić information content (AvgIpc) is 3.28. The molecule has 0 unspecified atom stereocenters. The van der Waals surface area contributed by atoms with Crippen LogP contribution in [0.2, 0.25) is 0 Å². The highest BCUT2D eigenvalue weighted by Crippen LogP contribution is 2.57. The normalized spacial score (nSPS) is 27.3. The van der Waals surface area contributed by atoms with Crippen LogP contribution in [0.1, 0.15) is 50.1 Å². The summed E-state index contributed by atoms with van der Waals surface area (Å²) in [5.41, 5.74) is 1.08. The molecule has 2 aliphatic carbocycles. The van der Waals surface area contributed by atoms with E-state index in [1.165, 1.54) is 11.3 Å². The number of carbonyl (C=O) groups is 1. The molecule has 2 aliphatic rings. The van der Waals surface area contributed by atoms with Crippen LogP contribution in [0.15, 0.2) is 54.1 Å². The highest BCUT2D eigenvalue weighted by Gasteiger charge is 2.54. The minimum absolute atomic E-state index is 0.0139. The number of hydrogen-bond acceptors (Lipinski definition) is 7. The van der Waals surface area contributed by atoms with Gasteiger partial charge in [-0.25, -0.2) is 13.4 Å². The zero-order chi connectivity index (χ0) is 28.1. The Kier molecular flexibility index (Phi) is 7.32. The number of nitrogens with zero attached hydrogens (tertiary/aromatic N) is 3. The van der Waals surface area contributed by atoms with E-state index < -0.39 is 16.1 Å². The number of hydrogen-bond donors (Lipinski definition) is 2. The van der Waals surface area contributed by atoms with E-state index in [9.17, 15) is 18.3 Å². The van der Waals surface area contributed by atoms with E-state index >= 15 is 0 Å². The van der Waals surface area contributed by atoms with Crippen molar-refractivity contribution in [1.82, 2.24) is 14.9 Å². The molecule has 208 valence electrons. The molecule has 6 atom stereocenters. The molecular weight excluding hydrogens is 532 g/mol. The van der Waals surface area contributed by atoms with E-state index in [1.807, 2.05) is 19.1 Å². The first-order valence-corrected chi connectivity index (χ1v) is 15.7. The quantitative estimate of drug-likeness (QED) is 0.395. The zero-order valence-electron chi connectivity index (χ0n) is 22.8. The summed E-state index contributed by atoms with van der Waals surface area (Å²) in [4.78, 5) is 24.9. The Bertz CT molecular complexity index is 1520. The number of pyridine rings is 1. The molecule has 10 heteroatoms. The summed E-state index contributed by atoms with van der Waals surface area (Å²) >= 11 is 1.37. The maximum Gasteiger partial charge on any atom is 0.265 e. The summed E-state index contributed by atoms with van der Waals surface area (Å²) in [6, 6.07) is 8.69. The molecule has 0 spiro atoms. The molecule has 39 heavy (non-hydrogen) atoms. The molecule has 3 aromatic rings. The third kappa shape index (κ3) is 4.87. The molecule has 8 nitrogen and oxygen atoms in total. The summed E-state index contributed by atoms with van der Waals surface area (Å²) < 4.78 is 29.5. The van der Waals surface area contributed by atoms with Crippen LogP contribution in [0.5, 0.6) is 0 Å². The Balaban J connectivity index is 1.41. The van der Waals surface area contributed by atoms with Crippen LogP contribution >= 0.6 is 11.3 Å². The van der Waals surface area contributed by atoms with Gasteiger partial charge in [-0.05, 0) is 48.6 Å². The second kappa shape index (κ2) is 10.3. The van der Waals surface area contributed by atoms with Crippen molar-refractivity contribution in [1.29, 1.82) is 0 Å². The minimum atomic E-state index is -3.91. The van der Waals surface area contributed by atoms with Crippen molar-refractivity contribution in [2.24, 2.45) is 23.2 Å². The Morgan fingerprint density at radius 3 is 2.85 bits per heavy atom. The van der Waals surface area contributed by atoms with Gasteiger partial charge in [-0.3, -0.25) is 14.5 Å². The number of aliphatic hydroxyl groups is 1. The first kappa shape index (κ1) is 27.7. The summed E-state index contributed by atoms with van der Waals surface area (Å²) in [6.07, 6.45) is 4.98. The maximum atomic E-state index is 13.4. The lowest BCUT2D eigenvalue weighted by atomic mass is 9.53. The number of benzene rings is 1. The first-order chi connectivity index (χ1) is 18.5. The predicted octanol–water partition coefficient (Wildman–Crippen LogP) is 4.83. The number of anilines is 1. The molecule has 0 saturated heterocycles. The van der Waals surface area contributed by atoms with Crippen LogP contribution in [0.4, 0.5) is 5.13 Å². The van der Waals surface area contributed by atoms with Crippen LogP contribution in [0, 0.1) is 23.2 Å². The van der Waals surface area contributed by atoms with E-state index in [-0.39, 0.29) is 39.9 Å². The molecule has 5 rings (SSSR count). The lowest BCUT2D eigenvalue weighted by Crippen LogP contribution is -2.53. The van der Waals surface area contributed by atoms with Gasteiger partial charge in [0, 0.05) is 41.9 Å². The van der Waals surface area contributed by atoms with E-state index in [2.05, 4.69) is 30.1 Å². The minimum Gasteiger partial charge on any atom is -0.392 e. The third-order valence-corrected chi connectivity index (χ3v) is 11.3. The van der Waals surface area contributed by atoms with E-state index in [1.54, 1.807) is 42.4 Å². The third-order valence-electron chi connectivity index (χ3n) is 8.84. The molecule has 1 fully saturated rings. The second-order valence-corrected chi connectivity index (χ2v) is 14.1. The Hall–Kier alpha value is -2.82. The molecule has 2 aromatic heterocycles. The number of aliphatic hydroxyl groups excluding tert-OH is 1. The standard InChI is InChI=1S/C29H36N4O4S2/c1-6-15-33(5)27(35)17(2)20-12-13-29(4)16-21-24(18(3)23(29)26(20)34)31-28(38-21)32-39(36,37)22-11-7-9-19-10-8-14-30-25(19)22/h6-11,14,17-18,20,23,26,34H,1,12-13,15-16H2,2-5H3,(H,31,32)/t17-,18-,20+,23+,26-,29+/m0/s1. The maximum absolute atomic E-state index is 13.4. The summed E-state index contributed by atoms with van der Waals surface area (Å²) in [5.74, 6) is -0.617. The van der Waals surface area contributed by atoms with Crippen LogP contribution in [0.25, 0.3) is 10.9 Å². The SMILES string of the molecule is C=CCN(C)C(=O)[C@@H](C)[C@H]1CC[C@]2(C)Cc3sc(NS(=O)(=O)c4cccc5cccnc45)nc3[C@@H](C)[C@@H]2[C@H]1O. The molecule has 1 amide bonds. The molecule has 1 aromatic carbocycles. The number of rotatable bonds is 7.